The number of imidazole rings is 1. The van der Waals surface area contributed by atoms with Crippen LogP contribution < -0.4 is 11.0 Å². The van der Waals surface area contributed by atoms with Gasteiger partial charge in [0.05, 0.1) is 23.3 Å². The van der Waals surface area contributed by atoms with E-state index in [1.54, 1.807) is 21.9 Å². The topological polar surface area (TPSA) is 116 Å². The van der Waals surface area contributed by atoms with Crippen LogP contribution in [0.5, 0.6) is 0 Å². The number of hydrogen-bond donors (Lipinski definition) is 3. The first kappa shape index (κ1) is 16.4. The predicted octanol–water partition coefficient (Wildman–Crippen LogP) is 1.19. The fourth-order valence-corrected chi connectivity index (χ4v) is 4.84. The van der Waals surface area contributed by atoms with Gasteiger partial charge in [0, 0.05) is 30.4 Å². The van der Waals surface area contributed by atoms with E-state index in [-0.39, 0.29) is 22.9 Å². The van der Waals surface area contributed by atoms with Crippen LogP contribution in [0.1, 0.15) is 18.9 Å². The number of amides is 2. The molecule has 2 amide bonds. The molecular weight excluding hydrogens is 368 g/mol. The number of carbonyl (C=O) groups excluding carboxylic acids is 2. The van der Waals surface area contributed by atoms with Crippen LogP contribution in [0.3, 0.4) is 0 Å². The minimum absolute atomic E-state index is 0.0700. The number of aromatic amines is 2. The molecule has 0 radical (unpaired) electrons. The van der Waals surface area contributed by atoms with Gasteiger partial charge in [0.25, 0.3) is 5.24 Å². The normalized spacial score (nSPS) is 23.3. The number of thioether (sulfide) groups is 1. The van der Waals surface area contributed by atoms with E-state index in [9.17, 15) is 14.4 Å². The summed E-state index contributed by atoms with van der Waals surface area (Å²) in [7, 11) is 0. The molecule has 3 aromatic rings. The molecule has 5 heterocycles. The van der Waals surface area contributed by atoms with E-state index in [1.165, 1.54) is 0 Å². The van der Waals surface area contributed by atoms with E-state index < -0.39 is 6.04 Å². The van der Waals surface area contributed by atoms with Crippen molar-refractivity contribution in [3.05, 3.63) is 28.9 Å². The third kappa shape index (κ3) is 2.62. The van der Waals surface area contributed by atoms with E-state index >= 15 is 0 Å². The van der Waals surface area contributed by atoms with Crippen LogP contribution in [0, 0.1) is 0 Å². The number of aromatic nitrogens is 4. The number of likely N-dealkylation sites (tertiary alicyclic amines) is 1. The van der Waals surface area contributed by atoms with Crippen LogP contribution in [0.15, 0.2) is 23.3 Å². The Kier molecular flexibility index (Phi) is 3.74. The molecule has 0 aliphatic carbocycles. The van der Waals surface area contributed by atoms with Crippen molar-refractivity contribution in [2.24, 2.45) is 0 Å². The van der Waals surface area contributed by atoms with Gasteiger partial charge in [-0.15, -0.1) is 0 Å². The molecule has 140 valence electrons. The molecule has 3 N–H and O–H groups in total. The smallest absolute Gasteiger partial charge is 0.326 e. The average molecular weight is 386 g/mol. The maximum atomic E-state index is 12.8. The number of piperidine rings is 1. The lowest BCUT2D eigenvalue weighted by atomic mass is 10.0. The quantitative estimate of drug-likeness (QED) is 0.612. The van der Waals surface area contributed by atoms with Crippen molar-refractivity contribution < 1.29 is 9.59 Å². The van der Waals surface area contributed by atoms with E-state index in [0.717, 1.165) is 41.2 Å². The third-order valence-corrected chi connectivity index (χ3v) is 6.18. The first-order valence-electron chi connectivity index (χ1n) is 8.90. The highest BCUT2D eigenvalue weighted by Gasteiger charge is 2.34. The SMILES string of the molecule is O=C1N[C@H](C(=O)N2CCC[C@@H](n3c(=O)[nH]c4cnc5[nH]ccc5c43)C2)CS1. The fourth-order valence-electron chi connectivity index (χ4n) is 4.07. The largest absolute Gasteiger partial charge is 0.346 e. The molecule has 2 aliphatic rings. The summed E-state index contributed by atoms with van der Waals surface area (Å²) in [4.78, 5) is 48.9. The summed E-state index contributed by atoms with van der Waals surface area (Å²) >= 11 is 1.13. The molecule has 9 nitrogen and oxygen atoms in total. The van der Waals surface area contributed by atoms with Gasteiger partial charge in [-0.2, -0.15) is 0 Å². The molecule has 2 saturated heterocycles. The number of nitrogens with one attached hydrogen (secondary N) is 3. The zero-order valence-corrected chi connectivity index (χ0v) is 15.2. The van der Waals surface area contributed by atoms with Gasteiger partial charge in [0.2, 0.25) is 5.91 Å². The molecule has 0 aromatic carbocycles. The Labute approximate surface area is 157 Å². The summed E-state index contributed by atoms with van der Waals surface area (Å²) in [5.41, 5.74) is 2.04. The Morgan fingerprint density at radius 1 is 1.33 bits per heavy atom. The summed E-state index contributed by atoms with van der Waals surface area (Å²) < 4.78 is 1.76. The van der Waals surface area contributed by atoms with Gasteiger partial charge in [-0.1, -0.05) is 11.8 Å². The number of nitrogens with zero attached hydrogens (tertiary/aromatic N) is 3. The summed E-state index contributed by atoms with van der Waals surface area (Å²) in [6, 6.07) is 1.32. The van der Waals surface area contributed by atoms with Crippen LogP contribution in [0.2, 0.25) is 0 Å². The maximum Gasteiger partial charge on any atom is 0.326 e. The number of carbonyl (C=O) groups is 2. The van der Waals surface area contributed by atoms with Crippen LogP contribution in [0.25, 0.3) is 22.1 Å². The highest BCUT2D eigenvalue weighted by molar-refractivity contribution is 8.14. The molecule has 0 saturated carbocycles. The number of rotatable bonds is 2. The monoisotopic (exact) mass is 386 g/mol. The van der Waals surface area contributed by atoms with E-state index in [0.29, 0.717) is 24.4 Å². The molecule has 5 rings (SSSR count). The average Bonchev–Trinajstić information content (AvgIpc) is 3.38. The Morgan fingerprint density at radius 2 is 2.22 bits per heavy atom. The second kappa shape index (κ2) is 6.15. The minimum Gasteiger partial charge on any atom is -0.346 e. The molecule has 3 aromatic heterocycles. The summed E-state index contributed by atoms with van der Waals surface area (Å²) in [5.74, 6) is 0.390. The predicted molar refractivity (Wildman–Crippen MR) is 102 cm³/mol. The Balaban J connectivity index is 1.50. The van der Waals surface area contributed by atoms with Crippen LogP contribution >= 0.6 is 11.8 Å². The van der Waals surface area contributed by atoms with Crippen molar-refractivity contribution in [2.75, 3.05) is 18.8 Å². The summed E-state index contributed by atoms with van der Waals surface area (Å²) in [6.07, 6.45) is 5.08. The Hall–Kier alpha value is -2.75. The third-order valence-electron chi connectivity index (χ3n) is 5.30. The molecule has 2 fully saturated rings. The lowest BCUT2D eigenvalue weighted by Gasteiger charge is -2.34. The van der Waals surface area contributed by atoms with Gasteiger partial charge in [0.15, 0.2) is 0 Å². The van der Waals surface area contributed by atoms with Gasteiger partial charge in [-0.25, -0.2) is 9.78 Å². The number of H-pyrrole nitrogens is 2. The van der Waals surface area contributed by atoms with E-state index in [4.69, 9.17) is 0 Å². The second-order valence-electron chi connectivity index (χ2n) is 6.94. The van der Waals surface area contributed by atoms with Gasteiger partial charge < -0.3 is 20.2 Å². The summed E-state index contributed by atoms with van der Waals surface area (Å²) in [5, 5.41) is 3.44. The minimum atomic E-state index is -0.471. The number of hydrogen-bond acceptors (Lipinski definition) is 5. The van der Waals surface area contributed by atoms with Gasteiger partial charge in [-0.05, 0) is 18.9 Å². The zero-order chi connectivity index (χ0) is 18.5. The van der Waals surface area contributed by atoms with Crippen molar-refractivity contribution >= 4 is 45.0 Å². The van der Waals surface area contributed by atoms with Crippen molar-refractivity contribution in [2.45, 2.75) is 24.9 Å². The number of fused-ring (bicyclic) bond motifs is 3. The highest BCUT2D eigenvalue weighted by Crippen LogP contribution is 2.28. The van der Waals surface area contributed by atoms with Gasteiger partial charge in [-0.3, -0.25) is 14.2 Å². The summed E-state index contributed by atoms with van der Waals surface area (Å²) in [6.45, 7) is 1.10. The molecular formula is C17H18N6O3S. The molecule has 0 spiro atoms. The van der Waals surface area contributed by atoms with Crippen LogP contribution in [-0.4, -0.2) is 60.4 Å². The zero-order valence-electron chi connectivity index (χ0n) is 14.4. The molecule has 0 unspecified atom stereocenters. The van der Waals surface area contributed by atoms with Crippen LogP contribution in [-0.2, 0) is 4.79 Å². The van der Waals surface area contributed by atoms with Crippen molar-refractivity contribution in [1.29, 1.82) is 0 Å². The molecule has 2 aliphatic heterocycles. The molecule has 10 heteroatoms. The van der Waals surface area contributed by atoms with E-state index in [1.807, 2.05) is 6.07 Å². The van der Waals surface area contributed by atoms with E-state index in [2.05, 4.69) is 20.3 Å². The van der Waals surface area contributed by atoms with Crippen molar-refractivity contribution in [1.82, 2.24) is 29.7 Å². The van der Waals surface area contributed by atoms with Crippen molar-refractivity contribution in [3.63, 3.8) is 0 Å². The van der Waals surface area contributed by atoms with Gasteiger partial charge >= 0.3 is 5.69 Å². The molecule has 0 bridgehead atoms. The second-order valence-corrected chi connectivity index (χ2v) is 7.93. The lowest BCUT2D eigenvalue weighted by molar-refractivity contribution is -0.134. The molecule has 27 heavy (non-hydrogen) atoms. The Morgan fingerprint density at radius 3 is 3.04 bits per heavy atom. The molecule has 2 atom stereocenters. The highest BCUT2D eigenvalue weighted by atomic mass is 32.2. The van der Waals surface area contributed by atoms with Gasteiger partial charge in [0.1, 0.15) is 11.7 Å². The first-order chi connectivity index (χ1) is 13.1. The lowest BCUT2D eigenvalue weighted by Crippen LogP contribution is -2.50. The van der Waals surface area contributed by atoms with Crippen molar-refractivity contribution in [3.8, 4) is 0 Å². The standard InChI is InChI=1S/C17H18N6O3S/c24-15(12-8-27-17(26)21-12)22-5-1-2-9(7-22)23-13-10-3-4-18-14(10)19-6-11(13)20-16(23)25/h3-4,6,9,12H,1-2,5,7-8H2,(H,18,19)(H,20,25)(H,21,26)/t9-,12+/m1/s1. The van der Waals surface area contributed by atoms with Crippen LogP contribution in [0.4, 0.5) is 4.79 Å². The Bertz CT molecular complexity index is 1110. The fraction of sp³-hybridized carbons (Fsp3) is 0.412. The maximum absolute atomic E-state index is 12.8. The number of pyridine rings is 1. The first-order valence-corrected chi connectivity index (χ1v) is 9.89.